The Bertz CT molecular complexity index is 582. The SMILES string of the molecule is C=Cc1ccc(C)cc1Cc1ccc(F)cc1C. The first kappa shape index (κ1) is 12.6. The quantitative estimate of drug-likeness (QED) is 0.731. The van der Waals surface area contributed by atoms with E-state index in [4.69, 9.17) is 0 Å². The second kappa shape index (κ2) is 5.18. The smallest absolute Gasteiger partial charge is 0.123 e. The fourth-order valence-electron chi connectivity index (χ4n) is 2.15. The molecule has 0 aliphatic rings. The first-order chi connectivity index (χ1) is 8.60. The molecule has 0 saturated carbocycles. The van der Waals surface area contributed by atoms with Gasteiger partial charge in [0.25, 0.3) is 0 Å². The molecule has 92 valence electrons. The van der Waals surface area contributed by atoms with Crippen molar-refractivity contribution in [3.8, 4) is 0 Å². The van der Waals surface area contributed by atoms with Gasteiger partial charge in [-0.05, 0) is 54.7 Å². The molecule has 0 atom stereocenters. The van der Waals surface area contributed by atoms with E-state index < -0.39 is 0 Å². The number of benzene rings is 2. The molecular weight excluding hydrogens is 223 g/mol. The minimum absolute atomic E-state index is 0.176. The van der Waals surface area contributed by atoms with Gasteiger partial charge in [-0.2, -0.15) is 0 Å². The summed E-state index contributed by atoms with van der Waals surface area (Å²) in [6.07, 6.45) is 2.68. The van der Waals surface area contributed by atoms with Gasteiger partial charge in [0.05, 0.1) is 0 Å². The fourth-order valence-corrected chi connectivity index (χ4v) is 2.15. The zero-order valence-electron chi connectivity index (χ0n) is 10.8. The lowest BCUT2D eigenvalue weighted by atomic mass is 9.95. The van der Waals surface area contributed by atoms with Gasteiger partial charge in [0.15, 0.2) is 0 Å². The van der Waals surface area contributed by atoms with Gasteiger partial charge in [-0.25, -0.2) is 4.39 Å². The van der Waals surface area contributed by atoms with E-state index in [0.29, 0.717) is 0 Å². The highest BCUT2D eigenvalue weighted by molar-refractivity contribution is 5.54. The molecule has 1 heteroatoms. The van der Waals surface area contributed by atoms with E-state index in [-0.39, 0.29) is 5.82 Å². The Morgan fingerprint density at radius 1 is 1.06 bits per heavy atom. The number of hydrogen-bond acceptors (Lipinski definition) is 0. The van der Waals surface area contributed by atoms with Crippen LogP contribution in [-0.4, -0.2) is 0 Å². The molecule has 0 radical (unpaired) electrons. The maximum Gasteiger partial charge on any atom is 0.123 e. The van der Waals surface area contributed by atoms with Crippen LogP contribution in [0, 0.1) is 19.7 Å². The molecule has 2 aromatic carbocycles. The molecule has 0 aromatic heterocycles. The van der Waals surface area contributed by atoms with Gasteiger partial charge in [0, 0.05) is 0 Å². The van der Waals surface area contributed by atoms with Crippen molar-refractivity contribution in [1.82, 2.24) is 0 Å². The predicted molar refractivity (Wildman–Crippen MR) is 75.2 cm³/mol. The fraction of sp³-hybridized carbons (Fsp3) is 0.176. The molecule has 0 nitrogen and oxygen atoms in total. The standard InChI is InChI=1S/C17H17F/c1-4-14-6-5-12(2)9-16(14)11-15-7-8-17(18)10-13(15)3/h4-10H,1,11H2,2-3H3. The van der Waals surface area contributed by atoms with E-state index in [1.165, 1.54) is 17.2 Å². The topological polar surface area (TPSA) is 0 Å². The second-order valence-electron chi connectivity index (χ2n) is 4.65. The lowest BCUT2D eigenvalue weighted by Crippen LogP contribution is -1.96. The van der Waals surface area contributed by atoms with Crippen LogP contribution in [0.1, 0.15) is 27.8 Å². The molecule has 0 spiro atoms. The summed E-state index contributed by atoms with van der Waals surface area (Å²) in [5.74, 6) is -0.176. The van der Waals surface area contributed by atoms with Crippen LogP contribution in [0.3, 0.4) is 0 Å². The van der Waals surface area contributed by atoms with Gasteiger partial charge in [-0.3, -0.25) is 0 Å². The first-order valence-electron chi connectivity index (χ1n) is 6.07. The van der Waals surface area contributed by atoms with Crippen molar-refractivity contribution in [3.63, 3.8) is 0 Å². The van der Waals surface area contributed by atoms with Crippen LogP contribution in [0.5, 0.6) is 0 Å². The zero-order valence-corrected chi connectivity index (χ0v) is 10.8. The van der Waals surface area contributed by atoms with E-state index in [2.05, 4.69) is 31.7 Å². The third kappa shape index (κ3) is 2.67. The monoisotopic (exact) mass is 240 g/mol. The van der Waals surface area contributed by atoms with Crippen LogP contribution in [-0.2, 0) is 6.42 Å². The lowest BCUT2D eigenvalue weighted by molar-refractivity contribution is 0.626. The second-order valence-corrected chi connectivity index (χ2v) is 4.65. The molecule has 0 saturated heterocycles. The third-order valence-electron chi connectivity index (χ3n) is 3.20. The van der Waals surface area contributed by atoms with Gasteiger partial charge in [0.1, 0.15) is 5.82 Å². The van der Waals surface area contributed by atoms with Gasteiger partial charge in [0.2, 0.25) is 0 Å². The van der Waals surface area contributed by atoms with Gasteiger partial charge >= 0.3 is 0 Å². The van der Waals surface area contributed by atoms with E-state index in [1.807, 2.05) is 19.1 Å². The Morgan fingerprint density at radius 3 is 2.50 bits per heavy atom. The van der Waals surface area contributed by atoms with Gasteiger partial charge in [-0.1, -0.05) is 42.5 Å². The average molecular weight is 240 g/mol. The maximum absolute atomic E-state index is 13.1. The Labute approximate surface area is 108 Å². The first-order valence-corrected chi connectivity index (χ1v) is 6.07. The molecule has 0 aliphatic heterocycles. The molecule has 0 heterocycles. The van der Waals surface area contributed by atoms with Crippen molar-refractivity contribution in [1.29, 1.82) is 0 Å². The molecule has 2 rings (SSSR count). The van der Waals surface area contributed by atoms with Crippen molar-refractivity contribution in [2.75, 3.05) is 0 Å². The van der Waals surface area contributed by atoms with Crippen LogP contribution < -0.4 is 0 Å². The van der Waals surface area contributed by atoms with Crippen molar-refractivity contribution in [3.05, 3.63) is 76.6 Å². The Kier molecular flexibility index (Phi) is 3.61. The number of rotatable bonds is 3. The third-order valence-corrected chi connectivity index (χ3v) is 3.20. The highest BCUT2D eigenvalue weighted by Gasteiger charge is 2.05. The summed E-state index contributed by atoms with van der Waals surface area (Å²) < 4.78 is 13.1. The average Bonchev–Trinajstić information content (AvgIpc) is 2.33. The summed E-state index contributed by atoms with van der Waals surface area (Å²) in [7, 11) is 0. The minimum Gasteiger partial charge on any atom is -0.207 e. The number of hydrogen-bond donors (Lipinski definition) is 0. The Balaban J connectivity index is 2.39. The van der Waals surface area contributed by atoms with Gasteiger partial charge in [-0.15, -0.1) is 0 Å². The van der Waals surface area contributed by atoms with Crippen LogP contribution in [0.2, 0.25) is 0 Å². The number of aryl methyl sites for hydroxylation is 2. The molecule has 0 aliphatic carbocycles. The van der Waals surface area contributed by atoms with Crippen LogP contribution in [0.15, 0.2) is 43.0 Å². The van der Waals surface area contributed by atoms with Gasteiger partial charge < -0.3 is 0 Å². The summed E-state index contributed by atoms with van der Waals surface area (Å²) in [6, 6.07) is 11.3. The molecule has 2 aromatic rings. The molecule has 0 bridgehead atoms. The van der Waals surface area contributed by atoms with Crippen molar-refractivity contribution in [2.45, 2.75) is 20.3 Å². The van der Waals surface area contributed by atoms with E-state index in [1.54, 1.807) is 6.07 Å². The molecule has 18 heavy (non-hydrogen) atoms. The molecule has 0 unspecified atom stereocenters. The summed E-state index contributed by atoms with van der Waals surface area (Å²) >= 11 is 0. The van der Waals surface area contributed by atoms with Crippen LogP contribution >= 0.6 is 0 Å². The number of halogens is 1. The Morgan fingerprint density at radius 2 is 1.83 bits per heavy atom. The summed E-state index contributed by atoms with van der Waals surface area (Å²) in [5.41, 5.74) is 5.76. The maximum atomic E-state index is 13.1. The van der Waals surface area contributed by atoms with E-state index in [0.717, 1.165) is 23.1 Å². The lowest BCUT2D eigenvalue weighted by Gasteiger charge is -2.10. The minimum atomic E-state index is -0.176. The highest BCUT2D eigenvalue weighted by atomic mass is 19.1. The summed E-state index contributed by atoms with van der Waals surface area (Å²) in [5, 5.41) is 0. The summed E-state index contributed by atoms with van der Waals surface area (Å²) in [4.78, 5) is 0. The van der Waals surface area contributed by atoms with Crippen LogP contribution in [0.4, 0.5) is 4.39 Å². The predicted octanol–water partition coefficient (Wildman–Crippen LogP) is 4.68. The summed E-state index contributed by atoms with van der Waals surface area (Å²) in [6.45, 7) is 7.86. The molecule has 0 fully saturated rings. The normalized spacial score (nSPS) is 10.4. The highest BCUT2D eigenvalue weighted by Crippen LogP contribution is 2.20. The van der Waals surface area contributed by atoms with Crippen molar-refractivity contribution in [2.24, 2.45) is 0 Å². The van der Waals surface area contributed by atoms with E-state index >= 15 is 0 Å². The Hall–Kier alpha value is -1.89. The largest absolute Gasteiger partial charge is 0.207 e. The molecule has 0 N–H and O–H groups in total. The van der Waals surface area contributed by atoms with E-state index in [9.17, 15) is 4.39 Å². The molecular formula is C17H17F. The van der Waals surface area contributed by atoms with Crippen molar-refractivity contribution >= 4 is 6.08 Å². The zero-order chi connectivity index (χ0) is 13.1. The van der Waals surface area contributed by atoms with Crippen LogP contribution in [0.25, 0.3) is 6.08 Å². The molecule has 0 amide bonds. The van der Waals surface area contributed by atoms with Crippen molar-refractivity contribution < 1.29 is 4.39 Å².